The van der Waals surface area contributed by atoms with Gasteiger partial charge in [-0.3, -0.25) is 4.98 Å². The molecule has 7 nitrogen and oxygen atoms in total. The molecule has 0 atom stereocenters. The summed E-state index contributed by atoms with van der Waals surface area (Å²) in [5, 5.41) is 2.90. The largest absolute Gasteiger partial charge is 0.452 e. The molecule has 11 heteroatoms. The Morgan fingerprint density at radius 3 is 2.59 bits per heavy atom. The van der Waals surface area contributed by atoms with Crippen molar-refractivity contribution in [1.82, 2.24) is 14.4 Å². The molecule has 0 saturated carbocycles. The summed E-state index contributed by atoms with van der Waals surface area (Å²) in [5.41, 5.74) is 2.18. The monoisotopic (exact) mass is 399 g/mol. The first-order chi connectivity index (χ1) is 12.6. The van der Waals surface area contributed by atoms with Gasteiger partial charge >= 0.3 is 6.18 Å². The first-order valence-corrected chi connectivity index (χ1v) is 9.17. The second-order valence-corrected chi connectivity index (χ2v) is 7.93. The maximum Gasteiger partial charge on any atom is 0.452 e. The highest BCUT2D eigenvalue weighted by molar-refractivity contribution is 7.89. The second kappa shape index (κ2) is 5.92. The summed E-state index contributed by atoms with van der Waals surface area (Å²) in [5.74, 6) is -1.43. The first kappa shape index (κ1) is 17.7. The third kappa shape index (κ3) is 3.12. The molecule has 0 N–H and O–H groups in total. The quantitative estimate of drug-likeness (QED) is 0.671. The van der Waals surface area contributed by atoms with E-state index in [-0.39, 0.29) is 29.6 Å². The van der Waals surface area contributed by atoms with Crippen LogP contribution in [0.25, 0.3) is 11.5 Å². The van der Waals surface area contributed by atoms with E-state index in [9.17, 15) is 21.6 Å². The fourth-order valence-corrected chi connectivity index (χ4v) is 4.10. The molecule has 142 valence electrons. The van der Waals surface area contributed by atoms with E-state index in [1.54, 1.807) is 6.20 Å². The van der Waals surface area contributed by atoms with Crippen LogP contribution in [-0.4, -0.2) is 22.9 Å². The number of sulfonamides is 1. The van der Waals surface area contributed by atoms with Gasteiger partial charge in [-0.25, -0.2) is 8.42 Å². The Bertz CT molecular complexity index is 1120. The van der Waals surface area contributed by atoms with Crippen molar-refractivity contribution in [3.63, 3.8) is 0 Å². The van der Waals surface area contributed by atoms with E-state index in [1.807, 2.05) is 13.0 Å². The van der Waals surface area contributed by atoms with Crippen LogP contribution in [0.2, 0.25) is 0 Å². The van der Waals surface area contributed by atoms with E-state index in [0.717, 1.165) is 16.8 Å². The van der Waals surface area contributed by atoms with E-state index < -0.39 is 22.0 Å². The minimum absolute atomic E-state index is 0.137. The van der Waals surface area contributed by atoms with Crippen molar-refractivity contribution in [2.75, 3.05) is 0 Å². The smallest absolute Gasteiger partial charge is 0.441 e. The molecular weight excluding hydrogens is 387 g/mol. The molecule has 1 aliphatic rings. The number of aromatic nitrogens is 2. The number of aryl methyl sites for hydroxylation is 1. The van der Waals surface area contributed by atoms with Gasteiger partial charge in [-0.1, -0.05) is 5.16 Å². The van der Waals surface area contributed by atoms with Crippen LogP contribution >= 0.6 is 0 Å². The highest BCUT2D eigenvalue weighted by Gasteiger charge is 2.37. The van der Waals surface area contributed by atoms with Crippen molar-refractivity contribution in [3.05, 3.63) is 53.0 Å². The molecule has 0 aromatic carbocycles. The topological polar surface area (TPSA) is 89.4 Å². The number of pyridine rings is 1. The Hall–Kier alpha value is -2.66. The third-order valence-corrected chi connectivity index (χ3v) is 5.80. The zero-order valence-corrected chi connectivity index (χ0v) is 14.6. The maximum atomic E-state index is 12.8. The van der Waals surface area contributed by atoms with Gasteiger partial charge in [0.15, 0.2) is 5.76 Å². The summed E-state index contributed by atoms with van der Waals surface area (Å²) in [6.45, 7) is 2.12. The summed E-state index contributed by atoms with van der Waals surface area (Å²) in [4.78, 5) is 4.15. The lowest BCUT2D eigenvalue weighted by atomic mass is 10.2. The van der Waals surface area contributed by atoms with Crippen LogP contribution in [-0.2, 0) is 29.3 Å². The number of hydrogen-bond donors (Lipinski definition) is 0. The lowest BCUT2D eigenvalue weighted by Crippen LogP contribution is -2.25. The second-order valence-electron chi connectivity index (χ2n) is 6.06. The SMILES string of the molecule is Cc1cc2c(cn1)CN(S(=O)(=O)c1ccc(-c3cc(C(F)(F)F)on3)o1)C2. The average molecular weight is 399 g/mol. The van der Waals surface area contributed by atoms with Crippen LogP contribution in [0.4, 0.5) is 13.2 Å². The van der Waals surface area contributed by atoms with Crippen LogP contribution < -0.4 is 0 Å². The fourth-order valence-electron chi connectivity index (χ4n) is 2.79. The maximum absolute atomic E-state index is 12.8. The summed E-state index contributed by atoms with van der Waals surface area (Å²) >= 11 is 0. The molecule has 0 aliphatic carbocycles. The Kier molecular flexibility index (Phi) is 3.89. The molecule has 0 amide bonds. The predicted molar refractivity (Wildman–Crippen MR) is 84.6 cm³/mol. The van der Waals surface area contributed by atoms with E-state index in [1.165, 1.54) is 16.4 Å². The van der Waals surface area contributed by atoms with Gasteiger partial charge in [-0.15, -0.1) is 0 Å². The van der Waals surface area contributed by atoms with Crippen molar-refractivity contribution in [2.24, 2.45) is 0 Å². The molecule has 27 heavy (non-hydrogen) atoms. The van der Waals surface area contributed by atoms with Gasteiger partial charge in [0.05, 0.1) is 0 Å². The molecule has 4 rings (SSSR count). The highest BCUT2D eigenvalue weighted by Crippen LogP contribution is 2.34. The molecule has 3 aromatic rings. The molecule has 0 fully saturated rings. The lowest BCUT2D eigenvalue weighted by Gasteiger charge is -2.13. The van der Waals surface area contributed by atoms with Gasteiger partial charge in [0.1, 0.15) is 5.69 Å². The Morgan fingerprint density at radius 2 is 1.89 bits per heavy atom. The fraction of sp³-hybridized carbons (Fsp3) is 0.250. The Balaban J connectivity index is 1.60. The van der Waals surface area contributed by atoms with Gasteiger partial charge in [0.2, 0.25) is 10.9 Å². The highest BCUT2D eigenvalue weighted by atomic mass is 32.2. The molecule has 0 saturated heterocycles. The van der Waals surface area contributed by atoms with E-state index >= 15 is 0 Å². The van der Waals surface area contributed by atoms with Crippen molar-refractivity contribution in [1.29, 1.82) is 0 Å². The lowest BCUT2D eigenvalue weighted by molar-refractivity contribution is -0.155. The third-order valence-electron chi connectivity index (χ3n) is 4.13. The minimum Gasteiger partial charge on any atom is -0.441 e. The molecule has 0 radical (unpaired) electrons. The molecule has 0 spiro atoms. The van der Waals surface area contributed by atoms with Crippen molar-refractivity contribution in [2.45, 2.75) is 31.3 Å². The molecule has 1 aliphatic heterocycles. The van der Waals surface area contributed by atoms with Gasteiger partial charge in [-0.2, -0.15) is 17.5 Å². The molecule has 0 unspecified atom stereocenters. The predicted octanol–water partition coefficient (Wildman–Crippen LogP) is 3.36. The van der Waals surface area contributed by atoms with Crippen LogP contribution in [0.15, 0.2) is 44.5 Å². The van der Waals surface area contributed by atoms with Crippen LogP contribution in [0, 0.1) is 6.92 Å². The Labute approximate surface area is 151 Å². The molecule has 4 heterocycles. The van der Waals surface area contributed by atoms with Crippen molar-refractivity contribution >= 4 is 10.0 Å². The zero-order chi connectivity index (χ0) is 19.4. The van der Waals surface area contributed by atoms with Crippen molar-refractivity contribution < 1.29 is 30.5 Å². The minimum atomic E-state index is -4.69. The van der Waals surface area contributed by atoms with Crippen LogP contribution in [0.5, 0.6) is 0 Å². The van der Waals surface area contributed by atoms with Crippen LogP contribution in [0.3, 0.4) is 0 Å². The number of hydrogen-bond acceptors (Lipinski definition) is 6. The van der Waals surface area contributed by atoms with Crippen LogP contribution in [0.1, 0.15) is 22.6 Å². The first-order valence-electron chi connectivity index (χ1n) is 7.73. The number of rotatable bonds is 3. The summed E-state index contributed by atoms with van der Waals surface area (Å²) in [7, 11) is -3.97. The molecule has 0 bridgehead atoms. The number of alkyl halides is 3. The average Bonchev–Trinajstić information content (AvgIpc) is 3.31. The van der Waals surface area contributed by atoms with Gasteiger partial charge in [0.25, 0.3) is 10.0 Å². The molecule has 3 aromatic heterocycles. The van der Waals surface area contributed by atoms with Gasteiger partial charge in [-0.05, 0) is 36.2 Å². The number of nitrogens with zero attached hydrogens (tertiary/aromatic N) is 3. The van der Waals surface area contributed by atoms with E-state index in [2.05, 4.69) is 14.7 Å². The standard InChI is InChI=1S/C16H12F3N3O4S/c1-9-4-10-7-22(8-11(10)6-20-9)27(23,24)15-3-2-13(25-15)12-5-14(26-21-12)16(17,18)19/h2-6H,7-8H2,1H3. The molecular formula is C16H12F3N3O4S. The number of halogens is 3. The normalized spacial score (nSPS) is 15.3. The van der Waals surface area contributed by atoms with Crippen molar-refractivity contribution in [3.8, 4) is 11.5 Å². The number of furan rings is 1. The van der Waals surface area contributed by atoms with Gasteiger partial charge in [0, 0.05) is 31.0 Å². The summed E-state index contributed by atoms with van der Waals surface area (Å²) < 4.78 is 74.1. The van der Waals surface area contributed by atoms with E-state index in [0.29, 0.717) is 6.07 Å². The van der Waals surface area contributed by atoms with Gasteiger partial charge < -0.3 is 8.94 Å². The number of fused-ring (bicyclic) bond motifs is 1. The Morgan fingerprint density at radius 1 is 1.15 bits per heavy atom. The van der Waals surface area contributed by atoms with E-state index in [4.69, 9.17) is 4.42 Å². The zero-order valence-electron chi connectivity index (χ0n) is 13.8. The summed E-state index contributed by atoms with van der Waals surface area (Å²) in [6, 6.07) is 4.88. The summed E-state index contributed by atoms with van der Waals surface area (Å²) in [6.07, 6.45) is -3.07.